The molecule has 0 aromatic heterocycles. The highest BCUT2D eigenvalue weighted by atomic mass is 79.9. The third-order valence-corrected chi connectivity index (χ3v) is 3.64. The zero-order valence-corrected chi connectivity index (χ0v) is 12.7. The van der Waals surface area contributed by atoms with Gasteiger partial charge in [-0.05, 0) is 46.6 Å². The van der Waals surface area contributed by atoms with Gasteiger partial charge in [0, 0.05) is 6.42 Å². The maximum Gasteiger partial charge on any atom is 0.175 e. The molecule has 0 radical (unpaired) electrons. The van der Waals surface area contributed by atoms with E-state index in [1.54, 1.807) is 0 Å². The second-order valence-electron chi connectivity index (χ2n) is 4.57. The Balaban J connectivity index is 2.26. The third kappa shape index (κ3) is 3.61. The van der Waals surface area contributed by atoms with Gasteiger partial charge in [0.25, 0.3) is 0 Å². The minimum absolute atomic E-state index is 0.0616. The van der Waals surface area contributed by atoms with Crippen molar-refractivity contribution in [1.29, 1.82) is 0 Å². The van der Waals surface area contributed by atoms with Crippen molar-refractivity contribution in [2.24, 2.45) is 0 Å². The van der Waals surface area contributed by atoms with E-state index >= 15 is 0 Å². The molecule has 5 heteroatoms. The largest absolute Gasteiger partial charge is 0.490 e. The zero-order valence-electron chi connectivity index (χ0n) is 11.1. The Morgan fingerprint density at radius 1 is 1.37 bits per heavy atom. The Morgan fingerprint density at radius 2 is 2.16 bits per heavy atom. The summed E-state index contributed by atoms with van der Waals surface area (Å²) in [6, 6.07) is 3.86. The molecule has 1 aliphatic rings. The van der Waals surface area contributed by atoms with Gasteiger partial charge in [0.1, 0.15) is 0 Å². The fourth-order valence-corrected chi connectivity index (χ4v) is 2.63. The summed E-state index contributed by atoms with van der Waals surface area (Å²) in [5.74, 6) is 1.51. The monoisotopic (exact) mass is 329 g/mol. The molecular formula is C14H20BrNO3. The van der Waals surface area contributed by atoms with Crippen LogP contribution in [0.5, 0.6) is 11.5 Å². The molecule has 0 amide bonds. The van der Waals surface area contributed by atoms with Gasteiger partial charge in [-0.1, -0.05) is 6.92 Å². The molecule has 1 aliphatic heterocycles. The minimum Gasteiger partial charge on any atom is -0.490 e. The van der Waals surface area contributed by atoms with Crippen LogP contribution < -0.4 is 14.8 Å². The van der Waals surface area contributed by atoms with Crippen LogP contribution in [0, 0.1) is 0 Å². The molecule has 106 valence electrons. The summed E-state index contributed by atoms with van der Waals surface area (Å²) in [4.78, 5) is 0. The third-order valence-electron chi connectivity index (χ3n) is 3.05. The predicted molar refractivity (Wildman–Crippen MR) is 77.9 cm³/mol. The number of benzene rings is 1. The van der Waals surface area contributed by atoms with Crippen molar-refractivity contribution in [3.05, 3.63) is 22.2 Å². The maximum atomic E-state index is 9.51. The normalized spacial score (nSPS) is 15.9. The molecule has 0 saturated heterocycles. The number of hydrogen-bond donors (Lipinski definition) is 2. The van der Waals surface area contributed by atoms with Crippen molar-refractivity contribution in [3.63, 3.8) is 0 Å². The molecule has 0 bridgehead atoms. The Bertz CT molecular complexity index is 425. The fourth-order valence-electron chi connectivity index (χ4n) is 2.06. The number of fused-ring (bicyclic) bond motifs is 1. The van der Waals surface area contributed by atoms with Crippen LogP contribution in [-0.4, -0.2) is 31.5 Å². The van der Waals surface area contributed by atoms with Gasteiger partial charge in [-0.25, -0.2) is 0 Å². The van der Waals surface area contributed by atoms with E-state index < -0.39 is 0 Å². The molecule has 1 aromatic rings. The van der Waals surface area contributed by atoms with Crippen molar-refractivity contribution < 1.29 is 14.6 Å². The van der Waals surface area contributed by atoms with Crippen molar-refractivity contribution in [1.82, 2.24) is 5.32 Å². The molecular weight excluding hydrogens is 310 g/mol. The molecule has 2 rings (SSSR count). The number of aliphatic hydroxyl groups is 1. The van der Waals surface area contributed by atoms with E-state index in [9.17, 15) is 5.11 Å². The highest BCUT2D eigenvalue weighted by Crippen LogP contribution is 2.39. The van der Waals surface area contributed by atoms with Crippen molar-refractivity contribution >= 4 is 15.9 Å². The van der Waals surface area contributed by atoms with Crippen LogP contribution in [0.2, 0.25) is 0 Å². The number of halogens is 1. The Hall–Kier alpha value is -0.780. The lowest BCUT2D eigenvalue weighted by Gasteiger charge is -2.19. The zero-order chi connectivity index (χ0) is 13.7. The number of hydrogen-bond acceptors (Lipinski definition) is 4. The fraction of sp³-hybridized carbons (Fsp3) is 0.571. The highest BCUT2D eigenvalue weighted by Gasteiger charge is 2.18. The van der Waals surface area contributed by atoms with E-state index in [1.165, 1.54) is 0 Å². The van der Waals surface area contributed by atoms with Gasteiger partial charge in [0.2, 0.25) is 0 Å². The maximum absolute atomic E-state index is 9.51. The summed E-state index contributed by atoms with van der Waals surface area (Å²) in [5.41, 5.74) is 1.01. The smallest absolute Gasteiger partial charge is 0.175 e. The Labute approximate surface area is 122 Å². The van der Waals surface area contributed by atoms with Crippen LogP contribution in [0.25, 0.3) is 0 Å². The van der Waals surface area contributed by atoms with Crippen LogP contribution >= 0.6 is 15.9 Å². The Kier molecular flexibility index (Phi) is 5.48. The summed E-state index contributed by atoms with van der Waals surface area (Å²) >= 11 is 3.52. The van der Waals surface area contributed by atoms with Gasteiger partial charge < -0.3 is 19.9 Å². The standard InChI is InChI=1S/C14H20BrNO3/c1-2-4-16-12(9-17)10-7-11(15)14-13(8-10)18-5-3-6-19-14/h7-8,12,16-17H,2-6,9H2,1H3. The first-order valence-corrected chi connectivity index (χ1v) is 7.48. The number of nitrogens with one attached hydrogen (secondary N) is 1. The first-order chi connectivity index (χ1) is 9.26. The van der Waals surface area contributed by atoms with E-state index in [1.807, 2.05) is 12.1 Å². The minimum atomic E-state index is -0.0756. The lowest BCUT2D eigenvalue weighted by Crippen LogP contribution is -2.25. The number of rotatable bonds is 5. The molecule has 1 heterocycles. The molecule has 4 nitrogen and oxygen atoms in total. The van der Waals surface area contributed by atoms with Gasteiger partial charge in [0.05, 0.1) is 30.3 Å². The van der Waals surface area contributed by atoms with Crippen LogP contribution in [0.3, 0.4) is 0 Å². The highest BCUT2D eigenvalue weighted by molar-refractivity contribution is 9.10. The van der Waals surface area contributed by atoms with Crippen LogP contribution in [0.15, 0.2) is 16.6 Å². The summed E-state index contributed by atoms with van der Waals surface area (Å²) in [6.45, 7) is 4.37. The molecule has 1 unspecified atom stereocenters. The molecule has 0 fully saturated rings. The lowest BCUT2D eigenvalue weighted by molar-refractivity contribution is 0.244. The van der Waals surface area contributed by atoms with Crippen LogP contribution in [-0.2, 0) is 0 Å². The van der Waals surface area contributed by atoms with E-state index in [0.717, 1.165) is 40.9 Å². The lowest BCUT2D eigenvalue weighted by atomic mass is 10.1. The van der Waals surface area contributed by atoms with Crippen molar-refractivity contribution in [2.45, 2.75) is 25.8 Å². The second kappa shape index (κ2) is 7.12. The topological polar surface area (TPSA) is 50.7 Å². The second-order valence-corrected chi connectivity index (χ2v) is 5.42. The molecule has 1 aromatic carbocycles. The van der Waals surface area contributed by atoms with E-state index in [-0.39, 0.29) is 12.6 Å². The van der Waals surface area contributed by atoms with E-state index in [2.05, 4.69) is 28.2 Å². The molecule has 0 aliphatic carbocycles. The summed E-state index contributed by atoms with van der Waals surface area (Å²) in [5, 5.41) is 12.8. The summed E-state index contributed by atoms with van der Waals surface area (Å²) in [6.07, 6.45) is 1.91. The van der Waals surface area contributed by atoms with E-state index in [4.69, 9.17) is 9.47 Å². The molecule has 0 saturated carbocycles. The molecule has 1 atom stereocenters. The van der Waals surface area contributed by atoms with Gasteiger partial charge in [-0.3, -0.25) is 0 Å². The summed E-state index contributed by atoms with van der Waals surface area (Å²) < 4.78 is 12.3. The molecule has 19 heavy (non-hydrogen) atoms. The average Bonchev–Trinajstić information content (AvgIpc) is 2.65. The Morgan fingerprint density at radius 3 is 2.89 bits per heavy atom. The van der Waals surface area contributed by atoms with Gasteiger partial charge in [-0.2, -0.15) is 0 Å². The van der Waals surface area contributed by atoms with Gasteiger partial charge in [0.15, 0.2) is 11.5 Å². The van der Waals surface area contributed by atoms with Gasteiger partial charge >= 0.3 is 0 Å². The van der Waals surface area contributed by atoms with E-state index in [0.29, 0.717) is 13.2 Å². The quantitative estimate of drug-likeness (QED) is 0.871. The number of ether oxygens (including phenoxy) is 2. The first-order valence-electron chi connectivity index (χ1n) is 6.69. The van der Waals surface area contributed by atoms with Crippen LogP contribution in [0.4, 0.5) is 0 Å². The molecule has 2 N–H and O–H groups in total. The average molecular weight is 330 g/mol. The van der Waals surface area contributed by atoms with Crippen LogP contribution in [0.1, 0.15) is 31.4 Å². The summed E-state index contributed by atoms with van der Waals surface area (Å²) in [7, 11) is 0. The van der Waals surface area contributed by atoms with Crippen molar-refractivity contribution in [2.75, 3.05) is 26.4 Å². The first kappa shape index (κ1) is 14.6. The van der Waals surface area contributed by atoms with Gasteiger partial charge in [-0.15, -0.1) is 0 Å². The van der Waals surface area contributed by atoms with Crippen molar-refractivity contribution in [3.8, 4) is 11.5 Å². The molecule has 0 spiro atoms. The SMILES string of the molecule is CCCNC(CO)c1cc(Br)c2c(c1)OCCCO2. The number of aliphatic hydroxyl groups excluding tert-OH is 1. The predicted octanol–water partition coefficient (Wildman–Crippen LogP) is 2.64.